The van der Waals surface area contributed by atoms with E-state index in [9.17, 15) is 9.59 Å². The Morgan fingerprint density at radius 2 is 1.95 bits per heavy atom. The quantitative estimate of drug-likeness (QED) is 0.586. The molecule has 104 valence electrons. The van der Waals surface area contributed by atoms with Gasteiger partial charge in [-0.15, -0.1) is 0 Å². The van der Waals surface area contributed by atoms with Crippen LogP contribution >= 0.6 is 0 Å². The molecule has 0 aliphatic heterocycles. The largest absolute Gasteiger partial charge is 0.476 e. The van der Waals surface area contributed by atoms with Gasteiger partial charge in [0.15, 0.2) is 5.78 Å². The van der Waals surface area contributed by atoms with Crippen LogP contribution in [0.15, 0.2) is 35.0 Å². The monoisotopic (exact) mass is 275 g/mol. The summed E-state index contributed by atoms with van der Waals surface area (Å²) in [6, 6.07) is 9.00. The zero-order chi connectivity index (χ0) is 14.4. The number of carbonyl (C=O) groups is 2. The minimum Gasteiger partial charge on any atom is -0.476 e. The third-order valence-corrected chi connectivity index (χ3v) is 2.66. The fourth-order valence-corrected chi connectivity index (χ4v) is 1.67. The van der Waals surface area contributed by atoms with Crippen molar-refractivity contribution in [3.63, 3.8) is 0 Å². The Balaban J connectivity index is 1.78. The predicted molar refractivity (Wildman–Crippen MR) is 69.8 cm³/mol. The van der Waals surface area contributed by atoms with E-state index < -0.39 is 5.97 Å². The maximum absolute atomic E-state index is 11.8. The topological polar surface area (TPSA) is 105 Å². The molecule has 2 N–H and O–H groups in total. The van der Waals surface area contributed by atoms with Crippen LogP contribution in [0.1, 0.15) is 33.7 Å². The minimum atomic E-state index is -1.21. The fraction of sp³-hybridized carbons (Fsp3) is 0.231. The highest BCUT2D eigenvalue weighted by Gasteiger charge is 2.16. The Morgan fingerprint density at radius 3 is 2.65 bits per heavy atom. The Bertz CT molecular complexity index is 595. The molecule has 7 nitrogen and oxygen atoms in total. The highest BCUT2D eigenvalue weighted by atomic mass is 16.6. The van der Waals surface area contributed by atoms with Gasteiger partial charge < -0.3 is 10.4 Å². The number of anilines is 1. The molecule has 7 heteroatoms. The minimum absolute atomic E-state index is 0.0455. The van der Waals surface area contributed by atoms with Crippen LogP contribution in [0.25, 0.3) is 0 Å². The van der Waals surface area contributed by atoms with Crippen LogP contribution in [-0.4, -0.2) is 33.7 Å². The first-order valence-electron chi connectivity index (χ1n) is 6.06. The number of aromatic carboxylic acids is 1. The summed E-state index contributed by atoms with van der Waals surface area (Å²) in [6.45, 7) is 0.410. The molecule has 0 radical (unpaired) electrons. The van der Waals surface area contributed by atoms with Gasteiger partial charge in [0.2, 0.25) is 11.5 Å². The second-order valence-electron chi connectivity index (χ2n) is 4.09. The molecule has 1 aromatic carbocycles. The molecule has 0 unspecified atom stereocenters. The van der Waals surface area contributed by atoms with E-state index in [1.807, 2.05) is 18.2 Å². The van der Waals surface area contributed by atoms with Crippen molar-refractivity contribution in [2.24, 2.45) is 0 Å². The van der Waals surface area contributed by atoms with Crippen molar-refractivity contribution in [1.29, 1.82) is 0 Å². The van der Waals surface area contributed by atoms with Crippen molar-refractivity contribution in [2.75, 3.05) is 11.9 Å². The van der Waals surface area contributed by atoms with E-state index in [1.54, 1.807) is 12.1 Å². The average Bonchev–Trinajstić information content (AvgIpc) is 2.93. The number of aromatic nitrogens is 2. The molecular weight excluding hydrogens is 262 g/mol. The summed E-state index contributed by atoms with van der Waals surface area (Å²) in [4.78, 5) is 22.6. The van der Waals surface area contributed by atoms with E-state index >= 15 is 0 Å². The molecule has 0 saturated heterocycles. The molecule has 0 fully saturated rings. The van der Waals surface area contributed by atoms with Gasteiger partial charge in [-0.05, 0) is 16.7 Å². The number of carboxylic acid groups (broad SMARTS) is 1. The summed E-state index contributed by atoms with van der Waals surface area (Å²) >= 11 is 0. The van der Waals surface area contributed by atoms with Crippen LogP contribution in [0.2, 0.25) is 0 Å². The Morgan fingerprint density at radius 1 is 1.20 bits per heavy atom. The van der Waals surface area contributed by atoms with Crippen molar-refractivity contribution in [3.8, 4) is 0 Å². The maximum Gasteiger partial charge on any atom is 0.362 e. The van der Waals surface area contributed by atoms with E-state index in [-0.39, 0.29) is 17.3 Å². The third-order valence-electron chi connectivity index (χ3n) is 2.66. The number of benzene rings is 1. The van der Waals surface area contributed by atoms with E-state index in [1.165, 1.54) is 0 Å². The van der Waals surface area contributed by atoms with Crippen LogP contribution in [0.4, 0.5) is 5.82 Å². The Labute approximate surface area is 114 Å². The van der Waals surface area contributed by atoms with Gasteiger partial charge in [-0.3, -0.25) is 4.79 Å². The standard InChI is InChI=1S/C13H13N3O4/c17-10(9-5-2-1-3-6-9)7-4-8-14-12-11(13(18)19)15-20-16-12/h1-3,5-6H,4,7-8H2,(H,14,16)(H,18,19). The number of ketones is 1. The molecule has 0 bridgehead atoms. The van der Waals surface area contributed by atoms with Crippen molar-refractivity contribution in [2.45, 2.75) is 12.8 Å². The van der Waals surface area contributed by atoms with E-state index in [0.29, 0.717) is 24.9 Å². The first kappa shape index (κ1) is 13.7. The maximum atomic E-state index is 11.8. The molecular formula is C13H13N3O4. The highest BCUT2D eigenvalue weighted by Crippen LogP contribution is 2.10. The van der Waals surface area contributed by atoms with Gasteiger partial charge >= 0.3 is 5.97 Å². The van der Waals surface area contributed by atoms with Crippen molar-refractivity contribution >= 4 is 17.6 Å². The van der Waals surface area contributed by atoms with Gasteiger partial charge in [0, 0.05) is 18.5 Å². The number of Topliss-reactive ketones (excluding diaryl/α,β-unsaturated/α-hetero) is 1. The molecule has 1 heterocycles. The summed E-state index contributed by atoms with van der Waals surface area (Å²) in [5.41, 5.74) is 0.404. The number of nitrogens with zero attached hydrogens (tertiary/aromatic N) is 2. The van der Waals surface area contributed by atoms with Crippen molar-refractivity contribution in [3.05, 3.63) is 41.6 Å². The number of hydrogen-bond donors (Lipinski definition) is 2. The zero-order valence-corrected chi connectivity index (χ0v) is 10.6. The average molecular weight is 275 g/mol. The normalized spacial score (nSPS) is 10.2. The number of hydrogen-bond acceptors (Lipinski definition) is 6. The number of rotatable bonds is 7. The molecule has 0 spiro atoms. The van der Waals surface area contributed by atoms with Crippen LogP contribution in [0, 0.1) is 0 Å². The summed E-state index contributed by atoms with van der Waals surface area (Å²) < 4.78 is 4.34. The lowest BCUT2D eigenvalue weighted by Gasteiger charge is -2.03. The lowest BCUT2D eigenvalue weighted by Crippen LogP contribution is -2.09. The van der Waals surface area contributed by atoms with Gasteiger partial charge in [0.05, 0.1) is 0 Å². The second-order valence-corrected chi connectivity index (χ2v) is 4.09. The van der Waals surface area contributed by atoms with Crippen LogP contribution in [0.3, 0.4) is 0 Å². The number of carbonyl (C=O) groups excluding carboxylic acids is 1. The molecule has 20 heavy (non-hydrogen) atoms. The van der Waals surface area contributed by atoms with Crippen LogP contribution in [0.5, 0.6) is 0 Å². The van der Waals surface area contributed by atoms with Gasteiger partial charge in [0.1, 0.15) is 0 Å². The third kappa shape index (κ3) is 3.41. The lowest BCUT2D eigenvalue weighted by molar-refractivity contribution is 0.0685. The summed E-state index contributed by atoms with van der Waals surface area (Å²) in [6.07, 6.45) is 0.921. The molecule has 0 amide bonds. The molecule has 1 aromatic heterocycles. The first-order valence-corrected chi connectivity index (χ1v) is 6.06. The van der Waals surface area contributed by atoms with Crippen molar-refractivity contribution in [1.82, 2.24) is 10.3 Å². The summed E-state index contributed by atoms with van der Waals surface area (Å²) in [7, 11) is 0. The Kier molecular flexibility index (Phi) is 4.43. The van der Waals surface area contributed by atoms with E-state index in [4.69, 9.17) is 5.11 Å². The summed E-state index contributed by atoms with van der Waals surface area (Å²) in [5, 5.41) is 18.3. The van der Waals surface area contributed by atoms with Gasteiger partial charge in [-0.25, -0.2) is 9.42 Å². The second kappa shape index (κ2) is 6.46. The number of carboxylic acids is 1. The van der Waals surface area contributed by atoms with Crippen LogP contribution in [-0.2, 0) is 0 Å². The molecule has 2 rings (SSSR count). The smallest absolute Gasteiger partial charge is 0.362 e. The Hall–Kier alpha value is -2.70. The fourth-order valence-electron chi connectivity index (χ4n) is 1.67. The summed E-state index contributed by atoms with van der Waals surface area (Å²) in [5.74, 6) is -1.09. The molecule has 0 atom stereocenters. The SMILES string of the molecule is O=C(CCCNc1nonc1C(=O)O)c1ccccc1. The van der Waals surface area contributed by atoms with Gasteiger partial charge in [-0.2, -0.15) is 0 Å². The lowest BCUT2D eigenvalue weighted by atomic mass is 10.1. The molecule has 0 aliphatic carbocycles. The first-order chi connectivity index (χ1) is 9.68. The van der Waals surface area contributed by atoms with Gasteiger partial charge in [0.25, 0.3) is 0 Å². The molecule has 0 aliphatic rings. The van der Waals surface area contributed by atoms with E-state index in [0.717, 1.165) is 0 Å². The zero-order valence-electron chi connectivity index (χ0n) is 10.6. The molecule has 2 aromatic rings. The predicted octanol–water partition coefficient (Wildman–Crippen LogP) is 1.84. The molecule has 0 saturated carbocycles. The van der Waals surface area contributed by atoms with Crippen LogP contribution < -0.4 is 5.32 Å². The van der Waals surface area contributed by atoms with Gasteiger partial charge in [-0.1, -0.05) is 30.3 Å². The highest BCUT2D eigenvalue weighted by molar-refractivity contribution is 5.96. The number of nitrogens with one attached hydrogen (secondary N) is 1. The van der Waals surface area contributed by atoms with Crippen molar-refractivity contribution < 1.29 is 19.3 Å². The van der Waals surface area contributed by atoms with E-state index in [2.05, 4.69) is 20.3 Å².